The third-order valence-corrected chi connectivity index (χ3v) is 6.20. The molecule has 1 aliphatic heterocycles. The molecule has 0 radical (unpaired) electrons. The third kappa shape index (κ3) is 3.70. The molecule has 7 heteroatoms. The van der Waals surface area contributed by atoms with Gasteiger partial charge < -0.3 is 4.90 Å². The van der Waals surface area contributed by atoms with E-state index in [1.54, 1.807) is 48.3 Å². The second-order valence-electron chi connectivity index (χ2n) is 6.26. The van der Waals surface area contributed by atoms with E-state index in [0.29, 0.717) is 36.3 Å². The molecule has 0 atom stereocenters. The molecule has 6 nitrogen and oxygen atoms in total. The number of nitriles is 1. The average molecular weight is 369 g/mol. The fourth-order valence-corrected chi connectivity index (χ4v) is 4.53. The van der Waals surface area contributed by atoms with Crippen LogP contribution < -0.4 is 4.31 Å². The van der Waals surface area contributed by atoms with Crippen molar-refractivity contribution in [2.45, 2.75) is 13.0 Å². The van der Waals surface area contributed by atoms with Crippen LogP contribution in [0, 0.1) is 11.3 Å². The zero-order chi connectivity index (χ0) is 18.7. The van der Waals surface area contributed by atoms with E-state index in [2.05, 4.69) is 6.07 Å². The zero-order valence-electron chi connectivity index (χ0n) is 14.4. The van der Waals surface area contributed by atoms with Gasteiger partial charge in [0.1, 0.15) is 0 Å². The highest BCUT2D eigenvalue weighted by atomic mass is 32.2. The van der Waals surface area contributed by atoms with Crippen LogP contribution in [-0.2, 0) is 16.6 Å². The standard InChI is InChI=1S/C19H19N3O3S/c1-21(14-16-8-6-15(13-20)7-9-16)19(23)17-4-2-5-18(12-17)22-10-3-11-26(22,24)25/h2,4-9,12H,3,10-11,14H2,1H3. The van der Waals surface area contributed by atoms with E-state index in [1.807, 2.05) is 12.1 Å². The van der Waals surface area contributed by atoms with Crippen molar-refractivity contribution in [3.63, 3.8) is 0 Å². The first-order valence-corrected chi connectivity index (χ1v) is 9.86. The fraction of sp³-hybridized carbons (Fsp3) is 0.263. The quantitative estimate of drug-likeness (QED) is 0.828. The van der Waals surface area contributed by atoms with Crippen LogP contribution in [0.4, 0.5) is 5.69 Å². The molecule has 3 rings (SSSR count). The maximum absolute atomic E-state index is 12.7. The summed E-state index contributed by atoms with van der Waals surface area (Å²) in [5.74, 6) is -0.0446. The Balaban J connectivity index is 1.76. The lowest BCUT2D eigenvalue weighted by molar-refractivity contribution is 0.0785. The van der Waals surface area contributed by atoms with Gasteiger partial charge in [-0.1, -0.05) is 18.2 Å². The van der Waals surface area contributed by atoms with E-state index in [4.69, 9.17) is 5.26 Å². The third-order valence-electron chi connectivity index (χ3n) is 4.33. The summed E-state index contributed by atoms with van der Waals surface area (Å²) in [6, 6.07) is 15.8. The molecule has 2 aromatic carbocycles. The molecule has 26 heavy (non-hydrogen) atoms. The van der Waals surface area contributed by atoms with Crippen LogP contribution >= 0.6 is 0 Å². The highest BCUT2D eigenvalue weighted by Gasteiger charge is 2.28. The van der Waals surface area contributed by atoms with Gasteiger partial charge in [-0.25, -0.2) is 8.42 Å². The Hall–Kier alpha value is -2.85. The Bertz CT molecular complexity index is 962. The number of carbonyl (C=O) groups excluding carboxylic acids is 1. The molecule has 0 aromatic heterocycles. The van der Waals surface area contributed by atoms with Crippen molar-refractivity contribution >= 4 is 21.6 Å². The van der Waals surface area contributed by atoms with E-state index in [1.165, 1.54) is 4.31 Å². The Morgan fingerprint density at radius 1 is 1.23 bits per heavy atom. The first-order valence-electron chi connectivity index (χ1n) is 8.26. The van der Waals surface area contributed by atoms with Crippen LogP contribution in [0.2, 0.25) is 0 Å². The molecule has 1 saturated heterocycles. The molecule has 1 aliphatic rings. The van der Waals surface area contributed by atoms with Crippen LogP contribution in [-0.4, -0.2) is 38.6 Å². The minimum Gasteiger partial charge on any atom is -0.337 e. The minimum absolute atomic E-state index is 0.143. The molecule has 0 bridgehead atoms. The molecule has 1 amide bonds. The number of anilines is 1. The molecular weight excluding hydrogens is 350 g/mol. The molecule has 0 N–H and O–H groups in total. The van der Waals surface area contributed by atoms with E-state index in [-0.39, 0.29) is 11.7 Å². The molecular formula is C19H19N3O3S. The Morgan fingerprint density at radius 3 is 2.58 bits per heavy atom. The van der Waals surface area contributed by atoms with Crippen LogP contribution in [0.3, 0.4) is 0 Å². The predicted molar refractivity (Wildman–Crippen MR) is 99.1 cm³/mol. The smallest absolute Gasteiger partial charge is 0.253 e. The maximum Gasteiger partial charge on any atom is 0.253 e. The first-order chi connectivity index (χ1) is 12.4. The summed E-state index contributed by atoms with van der Waals surface area (Å²) in [5, 5.41) is 8.84. The topological polar surface area (TPSA) is 81.5 Å². The number of amides is 1. The molecule has 1 heterocycles. The number of carbonyl (C=O) groups is 1. The van der Waals surface area contributed by atoms with Gasteiger partial charge in [-0.15, -0.1) is 0 Å². The van der Waals surface area contributed by atoms with E-state index in [0.717, 1.165) is 5.56 Å². The second-order valence-corrected chi connectivity index (χ2v) is 8.27. The number of nitrogens with zero attached hydrogens (tertiary/aromatic N) is 3. The summed E-state index contributed by atoms with van der Waals surface area (Å²) in [5.41, 5.74) is 2.46. The SMILES string of the molecule is CN(Cc1ccc(C#N)cc1)C(=O)c1cccc(N2CCCS2(=O)=O)c1. The highest BCUT2D eigenvalue weighted by Crippen LogP contribution is 2.25. The monoisotopic (exact) mass is 369 g/mol. The van der Waals surface area contributed by atoms with Crippen molar-refractivity contribution in [1.82, 2.24) is 4.90 Å². The summed E-state index contributed by atoms with van der Waals surface area (Å²) in [6.45, 7) is 0.845. The van der Waals surface area contributed by atoms with Gasteiger partial charge in [0.15, 0.2) is 0 Å². The Kier molecular flexibility index (Phi) is 4.96. The molecule has 1 fully saturated rings. The van der Waals surface area contributed by atoms with Crippen LogP contribution in [0.1, 0.15) is 27.9 Å². The zero-order valence-corrected chi connectivity index (χ0v) is 15.2. The van der Waals surface area contributed by atoms with Gasteiger partial charge in [0.05, 0.1) is 23.1 Å². The van der Waals surface area contributed by atoms with Gasteiger partial charge >= 0.3 is 0 Å². The van der Waals surface area contributed by atoms with E-state index >= 15 is 0 Å². The summed E-state index contributed by atoms with van der Waals surface area (Å²) in [6.07, 6.45) is 0.596. The van der Waals surface area contributed by atoms with Crippen molar-refractivity contribution in [2.24, 2.45) is 0 Å². The predicted octanol–water partition coefficient (Wildman–Crippen LogP) is 2.37. The van der Waals surface area contributed by atoms with Crippen molar-refractivity contribution in [2.75, 3.05) is 23.7 Å². The lowest BCUT2D eigenvalue weighted by atomic mass is 10.1. The van der Waals surface area contributed by atoms with Crippen LogP contribution in [0.25, 0.3) is 0 Å². The molecule has 0 aliphatic carbocycles. The van der Waals surface area contributed by atoms with Crippen molar-refractivity contribution in [3.05, 3.63) is 65.2 Å². The summed E-state index contributed by atoms with van der Waals surface area (Å²) < 4.78 is 25.5. The van der Waals surface area contributed by atoms with Gasteiger partial charge in [0.2, 0.25) is 10.0 Å². The van der Waals surface area contributed by atoms with E-state index in [9.17, 15) is 13.2 Å². The van der Waals surface area contributed by atoms with Gasteiger partial charge in [-0.3, -0.25) is 9.10 Å². The summed E-state index contributed by atoms with van der Waals surface area (Å²) in [4.78, 5) is 14.3. The number of benzene rings is 2. The lowest BCUT2D eigenvalue weighted by Crippen LogP contribution is -2.28. The lowest BCUT2D eigenvalue weighted by Gasteiger charge is -2.20. The molecule has 0 saturated carbocycles. The minimum atomic E-state index is -3.28. The number of rotatable bonds is 4. The van der Waals surface area contributed by atoms with Gasteiger partial charge in [0, 0.05) is 25.7 Å². The van der Waals surface area contributed by atoms with Gasteiger partial charge in [-0.2, -0.15) is 5.26 Å². The summed E-state index contributed by atoms with van der Waals surface area (Å²) >= 11 is 0. The van der Waals surface area contributed by atoms with Gasteiger partial charge in [0.25, 0.3) is 5.91 Å². The number of sulfonamides is 1. The molecule has 0 unspecified atom stereocenters. The first kappa shape index (κ1) is 18.0. The highest BCUT2D eigenvalue weighted by molar-refractivity contribution is 7.93. The van der Waals surface area contributed by atoms with E-state index < -0.39 is 10.0 Å². The molecule has 0 spiro atoms. The van der Waals surface area contributed by atoms with Crippen molar-refractivity contribution < 1.29 is 13.2 Å². The second kappa shape index (κ2) is 7.18. The summed E-state index contributed by atoms with van der Waals surface area (Å²) in [7, 11) is -1.58. The Morgan fingerprint density at radius 2 is 1.96 bits per heavy atom. The average Bonchev–Trinajstić information content (AvgIpc) is 3.01. The van der Waals surface area contributed by atoms with Crippen LogP contribution in [0.15, 0.2) is 48.5 Å². The fourth-order valence-electron chi connectivity index (χ4n) is 2.97. The molecule has 134 valence electrons. The Labute approximate surface area is 153 Å². The number of hydrogen-bond acceptors (Lipinski definition) is 4. The van der Waals surface area contributed by atoms with Crippen molar-refractivity contribution in [3.8, 4) is 6.07 Å². The maximum atomic E-state index is 12.7. The van der Waals surface area contributed by atoms with Crippen LogP contribution in [0.5, 0.6) is 0 Å². The largest absolute Gasteiger partial charge is 0.337 e. The normalized spacial score (nSPS) is 15.5. The number of hydrogen-bond donors (Lipinski definition) is 0. The van der Waals surface area contributed by atoms with Crippen molar-refractivity contribution in [1.29, 1.82) is 5.26 Å². The molecule has 2 aromatic rings. The van der Waals surface area contributed by atoms with Gasteiger partial charge in [-0.05, 0) is 42.3 Å².